The maximum atomic E-state index is 10.9. The summed E-state index contributed by atoms with van der Waals surface area (Å²) in [5.74, 6) is -0.299. The number of nitrogens with one attached hydrogen (secondary N) is 1. The van der Waals surface area contributed by atoms with Gasteiger partial charge in [0.25, 0.3) is 0 Å². The lowest BCUT2D eigenvalue weighted by Gasteiger charge is -2.19. The zero-order valence-electron chi connectivity index (χ0n) is 11.9. The second-order valence-electron chi connectivity index (χ2n) is 6.55. The van der Waals surface area contributed by atoms with Gasteiger partial charge in [0, 0.05) is 0 Å². The van der Waals surface area contributed by atoms with Gasteiger partial charge in [-0.25, -0.2) is 0 Å². The molecule has 104 valence electrons. The Kier molecular flexibility index (Phi) is 3.95. The number of hydrogen-bond acceptors (Lipinski definition) is 2. The fourth-order valence-corrected chi connectivity index (χ4v) is 2.63. The van der Waals surface area contributed by atoms with Crippen molar-refractivity contribution in [2.75, 3.05) is 6.54 Å². The van der Waals surface area contributed by atoms with E-state index in [-0.39, 0.29) is 11.5 Å². The molecule has 3 heteroatoms. The van der Waals surface area contributed by atoms with Gasteiger partial charge in [0.2, 0.25) is 0 Å². The Bertz CT molecular complexity index is 445. The van der Waals surface area contributed by atoms with Crippen LogP contribution in [0.15, 0.2) is 24.3 Å². The first kappa shape index (κ1) is 14.1. The molecule has 1 saturated heterocycles. The van der Waals surface area contributed by atoms with Gasteiger partial charge in [-0.05, 0) is 41.8 Å². The maximum Gasteiger partial charge on any atom is 0.320 e. The van der Waals surface area contributed by atoms with Crippen LogP contribution in [0.3, 0.4) is 0 Å². The largest absolute Gasteiger partial charge is 0.480 e. The molecule has 2 rings (SSSR count). The van der Waals surface area contributed by atoms with Crippen molar-refractivity contribution in [1.82, 2.24) is 5.32 Å². The molecule has 1 heterocycles. The van der Waals surface area contributed by atoms with Crippen molar-refractivity contribution in [2.45, 2.75) is 45.1 Å². The Labute approximate surface area is 115 Å². The molecular weight excluding hydrogens is 238 g/mol. The fraction of sp³-hybridized carbons (Fsp3) is 0.562. The topological polar surface area (TPSA) is 49.3 Å². The normalized spacial score (nSPS) is 23.5. The highest BCUT2D eigenvalue weighted by Crippen LogP contribution is 2.24. The monoisotopic (exact) mass is 261 g/mol. The summed E-state index contributed by atoms with van der Waals surface area (Å²) in [5, 5.41) is 12.0. The van der Waals surface area contributed by atoms with E-state index < -0.39 is 5.97 Å². The van der Waals surface area contributed by atoms with E-state index in [1.54, 1.807) is 0 Å². The number of benzene rings is 1. The summed E-state index contributed by atoms with van der Waals surface area (Å²) in [5.41, 5.74) is 2.82. The SMILES string of the molecule is CC(C)(C)c1ccc(C[C@@H]2CN[C@@H](C(=O)O)C2)cc1. The van der Waals surface area contributed by atoms with E-state index in [1.807, 2.05) is 0 Å². The number of rotatable bonds is 3. The van der Waals surface area contributed by atoms with Crippen LogP contribution in [0, 0.1) is 5.92 Å². The van der Waals surface area contributed by atoms with E-state index in [0.29, 0.717) is 5.92 Å². The van der Waals surface area contributed by atoms with Gasteiger partial charge >= 0.3 is 5.97 Å². The smallest absolute Gasteiger partial charge is 0.320 e. The van der Waals surface area contributed by atoms with Gasteiger partial charge in [-0.15, -0.1) is 0 Å². The van der Waals surface area contributed by atoms with Crippen LogP contribution in [0.25, 0.3) is 0 Å². The molecule has 1 aliphatic rings. The van der Waals surface area contributed by atoms with Crippen molar-refractivity contribution in [2.24, 2.45) is 5.92 Å². The van der Waals surface area contributed by atoms with Crippen LogP contribution >= 0.6 is 0 Å². The van der Waals surface area contributed by atoms with Crippen LogP contribution in [-0.2, 0) is 16.6 Å². The average Bonchev–Trinajstić information content (AvgIpc) is 2.77. The predicted octanol–water partition coefficient (Wildman–Crippen LogP) is 2.59. The van der Waals surface area contributed by atoms with Gasteiger partial charge < -0.3 is 10.4 Å². The van der Waals surface area contributed by atoms with Gasteiger partial charge in [-0.3, -0.25) is 4.79 Å². The Balaban J connectivity index is 1.96. The van der Waals surface area contributed by atoms with E-state index in [0.717, 1.165) is 19.4 Å². The Morgan fingerprint density at radius 1 is 1.32 bits per heavy atom. The third kappa shape index (κ3) is 3.57. The molecule has 0 bridgehead atoms. The highest BCUT2D eigenvalue weighted by Gasteiger charge is 2.28. The van der Waals surface area contributed by atoms with Crippen molar-refractivity contribution in [1.29, 1.82) is 0 Å². The lowest BCUT2D eigenvalue weighted by Crippen LogP contribution is -2.29. The van der Waals surface area contributed by atoms with E-state index in [9.17, 15) is 4.79 Å². The zero-order valence-corrected chi connectivity index (χ0v) is 11.9. The molecule has 1 aromatic carbocycles. The first-order valence-corrected chi connectivity index (χ1v) is 6.92. The first-order chi connectivity index (χ1) is 8.86. The van der Waals surface area contributed by atoms with Crippen molar-refractivity contribution in [3.8, 4) is 0 Å². The number of carbonyl (C=O) groups is 1. The average molecular weight is 261 g/mol. The Hall–Kier alpha value is -1.35. The highest BCUT2D eigenvalue weighted by molar-refractivity contribution is 5.73. The second-order valence-corrected chi connectivity index (χ2v) is 6.55. The summed E-state index contributed by atoms with van der Waals surface area (Å²) in [7, 11) is 0. The van der Waals surface area contributed by atoms with Gasteiger partial charge in [-0.2, -0.15) is 0 Å². The van der Waals surface area contributed by atoms with E-state index in [2.05, 4.69) is 50.4 Å². The molecule has 0 saturated carbocycles. The van der Waals surface area contributed by atoms with Gasteiger partial charge in [0.05, 0.1) is 0 Å². The molecule has 19 heavy (non-hydrogen) atoms. The molecule has 0 amide bonds. The summed E-state index contributed by atoms with van der Waals surface area (Å²) in [6.07, 6.45) is 1.69. The van der Waals surface area contributed by atoms with Gasteiger partial charge in [0.1, 0.15) is 6.04 Å². The molecule has 0 aliphatic carbocycles. The standard InChI is InChI=1S/C16H23NO2/c1-16(2,3)13-6-4-11(5-7-13)8-12-9-14(15(18)19)17-10-12/h4-7,12,14,17H,8-10H2,1-3H3,(H,18,19)/t12-,14+/m0/s1. The Morgan fingerprint density at radius 3 is 2.42 bits per heavy atom. The van der Waals surface area contributed by atoms with E-state index in [1.165, 1.54) is 11.1 Å². The molecule has 0 aromatic heterocycles. The third-order valence-electron chi connectivity index (χ3n) is 3.86. The molecule has 1 fully saturated rings. The number of carboxylic acids is 1. The van der Waals surface area contributed by atoms with Crippen molar-refractivity contribution in [3.05, 3.63) is 35.4 Å². The first-order valence-electron chi connectivity index (χ1n) is 6.92. The lowest BCUT2D eigenvalue weighted by molar-refractivity contribution is -0.139. The summed E-state index contributed by atoms with van der Waals surface area (Å²) in [6.45, 7) is 7.43. The molecule has 1 aliphatic heterocycles. The number of carboxylic acid groups (broad SMARTS) is 1. The minimum Gasteiger partial charge on any atom is -0.480 e. The van der Waals surface area contributed by atoms with Crippen LogP contribution in [0.5, 0.6) is 0 Å². The van der Waals surface area contributed by atoms with Crippen LogP contribution < -0.4 is 5.32 Å². The maximum absolute atomic E-state index is 10.9. The summed E-state index contributed by atoms with van der Waals surface area (Å²) >= 11 is 0. The van der Waals surface area contributed by atoms with Crippen LogP contribution in [0.4, 0.5) is 0 Å². The van der Waals surface area contributed by atoms with Crippen molar-refractivity contribution in [3.63, 3.8) is 0 Å². The van der Waals surface area contributed by atoms with E-state index in [4.69, 9.17) is 5.11 Å². The fourth-order valence-electron chi connectivity index (χ4n) is 2.63. The van der Waals surface area contributed by atoms with Crippen molar-refractivity contribution < 1.29 is 9.90 Å². The lowest BCUT2D eigenvalue weighted by atomic mass is 9.86. The summed E-state index contributed by atoms with van der Waals surface area (Å²) in [4.78, 5) is 10.9. The second kappa shape index (κ2) is 5.33. The summed E-state index contributed by atoms with van der Waals surface area (Å²) in [6, 6.07) is 8.36. The molecule has 2 N–H and O–H groups in total. The quantitative estimate of drug-likeness (QED) is 0.879. The number of hydrogen-bond donors (Lipinski definition) is 2. The minimum atomic E-state index is -0.731. The van der Waals surface area contributed by atoms with Crippen LogP contribution in [0.1, 0.15) is 38.3 Å². The predicted molar refractivity (Wildman–Crippen MR) is 76.4 cm³/mol. The molecule has 2 atom stereocenters. The molecule has 1 aromatic rings. The van der Waals surface area contributed by atoms with Gasteiger partial charge in [-0.1, -0.05) is 45.0 Å². The number of aliphatic carboxylic acids is 1. The zero-order chi connectivity index (χ0) is 14.0. The third-order valence-corrected chi connectivity index (χ3v) is 3.86. The molecular formula is C16H23NO2. The van der Waals surface area contributed by atoms with E-state index >= 15 is 0 Å². The molecule has 0 unspecified atom stereocenters. The molecule has 0 radical (unpaired) electrons. The minimum absolute atomic E-state index is 0.182. The Morgan fingerprint density at radius 2 is 1.95 bits per heavy atom. The van der Waals surface area contributed by atoms with Crippen LogP contribution in [0.2, 0.25) is 0 Å². The summed E-state index contributed by atoms with van der Waals surface area (Å²) < 4.78 is 0. The molecule has 3 nitrogen and oxygen atoms in total. The van der Waals surface area contributed by atoms with Gasteiger partial charge in [0.15, 0.2) is 0 Å². The highest BCUT2D eigenvalue weighted by atomic mass is 16.4. The van der Waals surface area contributed by atoms with Crippen LogP contribution in [-0.4, -0.2) is 23.7 Å². The van der Waals surface area contributed by atoms with Crippen molar-refractivity contribution >= 4 is 5.97 Å². The molecule has 0 spiro atoms.